The van der Waals surface area contributed by atoms with Crippen LogP contribution in [0.3, 0.4) is 0 Å². The van der Waals surface area contributed by atoms with Gasteiger partial charge in [0.15, 0.2) is 10.8 Å². The zero-order valence-corrected chi connectivity index (χ0v) is 10.5. The summed E-state index contributed by atoms with van der Waals surface area (Å²) in [6.45, 7) is -1.00. The van der Waals surface area contributed by atoms with Gasteiger partial charge in [-0.2, -0.15) is 0 Å². The molecule has 0 spiro atoms. The van der Waals surface area contributed by atoms with E-state index in [2.05, 4.69) is 14.4 Å². The summed E-state index contributed by atoms with van der Waals surface area (Å²) in [5.74, 6) is -0.126. The van der Waals surface area contributed by atoms with Crippen LogP contribution in [0.25, 0.3) is 0 Å². The molecule has 0 saturated heterocycles. The fourth-order valence-electron chi connectivity index (χ4n) is 1.25. The quantitative estimate of drug-likeness (QED) is 0.661. The van der Waals surface area contributed by atoms with Crippen molar-refractivity contribution in [2.24, 2.45) is 7.05 Å². The van der Waals surface area contributed by atoms with Gasteiger partial charge in [-0.05, 0) is 0 Å². The second kappa shape index (κ2) is 6.07. The molecule has 0 radical (unpaired) electrons. The number of ether oxygens (including phenoxy) is 1. The second-order valence-electron chi connectivity index (χ2n) is 3.41. The minimum Gasteiger partial charge on any atom is -0.381 e. The molecule has 0 aliphatic rings. The summed E-state index contributed by atoms with van der Waals surface area (Å²) in [5.41, 5.74) is 5.42. The first-order chi connectivity index (χ1) is 8.34. The van der Waals surface area contributed by atoms with Gasteiger partial charge < -0.3 is 15.0 Å². The highest BCUT2D eigenvalue weighted by Gasteiger charge is 2.21. The number of nitrogens with zero attached hydrogens (tertiary/aromatic N) is 2. The predicted octanol–water partition coefficient (Wildman–Crippen LogP) is -0.438. The third-order valence-electron chi connectivity index (χ3n) is 1.95. The Labute approximate surface area is 103 Å². The number of nitrogens with two attached hydrogens (primary N) is 1. The Hall–Kier alpha value is -1.26. The Kier molecular flexibility index (Phi) is 4.99. The molecule has 0 atom stereocenters. The number of nitrogens with one attached hydrogen (secondary N) is 1. The highest BCUT2D eigenvalue weighted by atomic mass is 32.2. The van der Waals surface area contributed by atoms with Crippen LogP contribution in [0, 0.1) is 0 Å². The summed E-state index contributed by atoms with van der Waals surface area (Å²) >= 11 is 0. The lowest BCUT2D eigenvalue weighted by Gasteiger charge is -2.08. The molecule has 1 aromatic heterocycles. The van der Waals surface area contributed by atoms with Gasteiger partial charge in [-0.3, -0.25) is 0 Å². The van der Waals surface area contributed by atoms with E-state index in [4.69, 9.17) is 5.73 Å². The van der Waals surface area contributed by atoms with E-state index in [1.165, 1.54) is 17.9 Å². The van der Waals surface area contributed by atoms with Crippen LogP contribution in [0.2, 0.25) is 0 Å². The minimum atomic E-state index is -3.82. The van der Waals surface area contributed by atoms with Crippen molar-refractivity contribution in [3.05, 3.63) is 6.33 Å². The monoisotopic (exact) mass is 284 g/mol. The molecule has 1 rings (SSSR count). The number of nitrogen functional groups attached to an aromatic ring is 1. The Balaban J connectivity index is 2.51. The van der Waals surface area contributed by atoms with Crippen molar-refractivity contribution in [2.45, 2.75) is 11.5 Å². The summed E-state index contributed by atoms with van der Waals surface area (Å²) in [4.78, 5) is 3.64. The van der Waals surface area contributed by atoms with E-state index in [0.29, 0.717) is 0 Å². The molecular weight excluding hydrogens is 270 g/mol. The average molecular weight is 284 g/mol. The number of imidazole rings is 1. The smallest absolute Gasteiger partial charge is 0.261 e. The van der Waals surface area contributed by atoms with Crippen molar-refractivity contribution in [3.8, 4) is 0 Å². The van der Waals surface area contributed by atoms with Gasteiger partial charge in [0.05, 0.1) is 12.9 Å². The third kappa shape index (κ3) is 3.89. The molecule has 0 aliphatic heterocycles. The molecule has 0 fully saturated rings. The standard InChI is InChI=1S/C8H14F2N4O3S/c1-14-5-12-7(11)8(14)18(15,16)13-2-3-17-4-6(9)10/h5-6,13H,2-4,11H2,1H3. The summed E-state index contributed by atoms with van der Waals surface area (Å²) in [7, 11) is -2.34. The Morgan fingerprint density at radius 2 is 2.28 bits per heavy atom. The fourth-order valence-corrected chi connectivity index (χ4v) is 2.50. The molecule has 0 aliphatic carbocycles. The normalized spacial score (nSPS) is 12.2. The van der Waals surface area contributed by atoms with E-state index in [-0.39, 0.29) is 24.0 Å². The van der Waals surface area contributed by atoms with Crippen LogP contribution < -0.4 is 10.5 Å². The molecule has 1 heterocycles. The van der Waals surface area contributed by atoms with Crippen LogP contribution in [0.1, 0.15) is 0 Å². The van der Waals surface area contributed by atoms with E-state index in [9.17, 15) is 17.2 Å². The maximum absolute atomic E-state index is 11.8. The number of halogens is 2. The number of sulfonamides is 1. The van der Waals surface area contributed by atoms with Gasteiger partial charge in [-0.25, -0.2) is 26.9 Å². The number of alkyl halides is 2. The van der Waals surface area contributed by atoms with Crippen LogP contribution in [-0.2, 0) is 21.8 Å². The Bertz CT molecular complexity index is 469. The highest BCUT2D eigenvalue weighted by Crippen LogP contribution is 2.14. The number of aromatic nitrogens is 2. The van der Waals surface area contributed by atoms with Gasteiger partial charge in [-0.1, -0.05) is 0 Å². The van der Waals surface area contributed by atoms with Crippen molar-refractivity contribution in [1.29, 1.82) is 0 Å². The summed E-state index contributed by atoms with van der Waals surface area (Å²) in [6, 6.07) is 0. The number of hydrogen-bond donors (Lipinski definition) is 2. The molecule has 0 bridgehead atoms. The molecule has 0 aromatic carbocycles. The van der Waals surface area contributed by atoms with Gasteiger partial charge in [0.25, 0.3) is 16.4 Å². The van der Waals surface area contributed by atoms with Crippen LogP contribution in [0.15, 0.2) is 11.4 Å². The zero-order chi connectivity index (χ0) is 13.8. The molecule has 10 heteroatoms. The van der Waals surface area contributed by atoms with Crippen molar-refractivity contribution < 1.29 is 21.9 Å². The number of hydrogen-bond acceptors (Lipinski definition) is 5. The Morgan fingerprint density at radius 3 is 2.78 bits per heavy atom. The van der Waals surface area contributed by atoms with Gasteiger partial charge >= 0.3 is 0 Å². The van der Waals surface area contributed by atoms with E-state index in [1.54, 1.807) is 0 Å². The second-order valence-corrected chi connectivity index (χ2v) is 5.09. The molecule has 0 amide bonds. The van der Waals surface area contributed by atoms with Crippen LogP contribution in [0.5, 0.6) is 0 Å². The van der Waals surface area contributed by atoms with Crippen molar-refractivity contribution >= 4 is 15.8 Å². The number of anilines is 1. The maximum Gasteiger partial charge on any atom is 0.261 e. The van der Waals surface area contributed by atoms with E-state index in [1.807, 2.05) is 0 Å². The summed E-state index contributed by atoms with van der Waals surface area (Å²) in [6.07, 6.45) is -1.31. The molecule has 104 valence electrons. The van der Waals surface area contributed by atoms with Gasteiger partial charge in [-0.15, -0.1) is 0 Å². The van der Waals surface area contributed by atoms with Crippen LogP contribution in [-0.4, -0.2) is 44.2 Å². The largest absolute Gasteiger partial charge is 0.381 e. The maximum atomic E-state index is 11.8. The highest BCUT2D eigenvalue weighted by molar-refractivity contribution is 7.89. The van der Waals surface area contributed by atoms with Crippen molar-refractivity contribution in [3.63, 3.8) is 0 Å². The summed E-state index contributed by atoms with van der Waals surface area (Å²) in [5, 5.41) is -0.170. The lowest BCUT2D eigenvalue weighted by atomic mass is 10.7. The minimum absolute atomic E-state index is 0.125. The molecule has 0 saturated carbocycles. The average Bonchev–Trinajstić information content (AvgIpc) is 2.57. The Morgan fingerprint density at radius 1 is 1.61 bits per heavy atom. The van der Waals surface area contributed by atoms with E-state index >= 15 is 0 Å². The first kappa shape index (κ1) is 14.8. The molecule has 0 unspecified atom stereocenters. The topological polar surface area (TPSA) is 99.2 Å². The van der Waals surface area contributed by atoms with Crippen LogP contribution >= 0.6 is 0 Å². The van der Waals surface area contributed by atoms with E-state index < -0.39 is 23.1 Å². The number of aryl methyl sites for hydroxylation is 1. The molecule has 7 nitrogen and oxygen atoms in total. The van der Waals surface area contributed by atoms with Crippen molar-refractivity contribution in [2.75, 3.05) is 25.5 Å². The lowest BCUT2D eigenvalue weighted by Crippen LogP contribution is -2.29. The SMILES string of the molecule is Cn1cnc(N)c1S(=O)(=O)NCCOCC(F)F. The molecule has 1 aromatic rings. The van der Waals surface area contributed by atoms with E-state index in [0.717, 1.165) is 0 Å². The first-order valence-corrected chi connectivity index (χ1v) is 6.45. The number of rotatable bonds is 7. The fraction of sp³-hybridized carbons (Fsp3) is 0.625. The van der Waals surface area contributed by atoms with Crippen LogP contribution in [0.4, 0.5) is 14.6 Å². The predicted molar refractivity (Wildman–Crippen MR) is 59.6 cm³/mol. The molecular formula is C8H14F2N4O3S. The molecule has 18 heavy (non-hydrogen) atoms. The third-order valence-corrected chi connectivity index (χ3v) is 3.54. The van der Waals surface area contributed by atoms with Gasteiger partial charge in [0, 0.05) is 13.6 Å². The van der Waals surface area contributed by atoms with Gasteiger partial charge in [0.1, 0.15) is 6.61 Å². The molecule has 3 N–H and O–H groups in total. The first-order valence-electron chi connectivity index (χ1n) is 4.97. The van der Waals surface area contributed by atoms with Gasteiger partial charge in [0.2, 0.25) is 0 Å². The van der Waals surface area contributed by atoms with Crippen molar-refractivity contribution in [1.82, 2.24) is 14.3 Å². The zero-order valence-electron chi connectivity index (χ0n) is 9.64. The lowest BCUT2D eigenvalue weighted by molar-refractivity contribution is 0.0199. The summed E-state index contributed by atoms with van der Waals surface area (Å²) < 4.78 is 55.0.